The van der Waals surface area contributed by atoms with E-state index in [2.05, 4.69) is 5.32 Å². The lowest BCUT2D eigenvalue weighted by Crippen LogP contribution is -2.13. The summed E-state index contributed by atoms with van der Waals surface area (Å²) in [5, 5.41) is 10.9. The molecule has 0 fully saturated rings. The predicted octanol–water partition coefficient (Wildman–Crippen LogP) is 0.911. The molecule has 9 heteroatoms. The summed E-state index contributed by atoms with van der Waals surface area (Å²) >= 11 is 0.822. The number of esters is 1. The minimum absolute atomic E-state index is 0.0257. The number of carboxylic acid groups (broad SMARTS) is 1. The number of hydrogen-bond acceptors (Lipinski definition) is 6. The Hall–Kier alpha value is -2.68. The van der Waals surface area contributed by atoms with Gasteiger partial charge in [-0.2, -0.15) is 0 Å². The van der Waals surface area contributed by atoms with Crippen LogP contribution in [0.1, 0.15) is 32.5 Å². The molecule has 1 aromatic rings. The highest BCUT2D eigenvalue weighted by Gasteiger charge is 2.25. The van der Waals surface area contributed by atoms with Crippen molar-refractivity contribution in [2.75, 3.05) is 11.9 Å². The van der Waals surface area contributed by atoms with Gasteiger partial charge in [0, 0.05) is 12.2 Å². The number of nitrogens with one attached hydrogen (secondary N) is 1. The number of carbonyl (C=O) groups is 4. The smallest absolute Gasteiger partial charge is 0.341 e. The van der Waals surface area contributed by atoms with Crippen molar-refractivity contribution in [1.82, 2.24) is 0 Å². The highest BCUT2D eigenvalue weighted by molar-refractivity contribution is 7.18. The second-order valence-electron chi connectivity index (χ2n) is 4.01. The van der Waals surface area contributed by atoms with Gasteiger partial charge < -0.3 is 20.9 Å². The molecule has 0 unspecified atom stereocenters. The zero-order valence-electron chi connectivity index (χ0n) is 11.8. The van der Waals surface area contributed by atoms with Crippen LogP contribution in [0.4, 0.5) is 5.00 Å². The molecule has 0 aliphatic rings. The Labute approximate surface area is 129 Å². The Morgan fingerprint density at radius 2 is 1.95 bits per heavy atom. The highest BCUT2D eigenvalue weighted by Crippen LogP contribution is 2.33. The number of aliphatic carboxylic acids is 1. The predicted molar refractivity (Wildman–Crippen MR) is 78.9 cm³/mol. The fraction of sp³-hybridized carbons (Fsp3) is 0.231. The van der Waals surface area contributed by atoms with Gasteiger partial charge in [0.05, 0.1) is 17.0 Å². The number of carboxylic acids is 1. The fourth-order valence-electron chi connectivity index (χ4n) is 1.59. The molecular weight excluding hydrogens is 312 g/mol. The second kappa shape index (κ2) is 7.36. The first-order chi connectivity index (χ1) is 10.3. The number of amides is 2. The molecule has 0 aromatic carbocycles. The van der Waals surface area contributed by atoms with Gasteiger partial charge in [0.1, 0.15) is 5.00 Å². The van der Waals surface area contributed by atoms with Crippen LogP contribution in [-0.4, -0.2) is 35.5 Å². The third kappa shape index (κ3) is 4.16. The zero-order chi connectivity index (χ0) is 16.9. The van der Waals surface area contributed by atoms with Crippen LogP contribution in [0.15, 0.2) is 12.2 Å². The molecule has 0 aliphatic carbocycles. The Morgan fingerprint density at radius 1 is 1.32 bits per heavy atom. The number of anilines is 1. The van der Waals surface area contributed by atoms with Crippen molar-refractivity contribution < 1.29 is 29.0 Å². The van der Waals surface area contributed by atoms with Crippen LogP contribution < -0.4 is 11.1 Å². The van der Waals surface area contributed by atoms with E-state index in [0.29, 0.717) is 11.6 Å². The summed E-state index contributed by atoms with van der Waals surface area (Å²) in [4.78, 5) is 45.4. The molecule has 8 nitrogen and oxygen atoms in total. The summed E-state index contributed by atoms with van der Waals surface area (Å²) in [5.74, 6) is -3.50. The number of rotatable bonds is 6. The zero-order valence-corrected chi connectivity index (χ0v) is 12.7. The standard InChI is InChI=1S/C13H14N2O6S/c1-3-21-13(20)9-6(2)10(11(14)19)22-12(9)15-7(16)4-5-8(17)18/h4-5H,3H2,1-2H3,(H2,14,19)(H,15,16)(H,17,18). The van der Waals surface area contributed by atoms with Crippen molar-refractivity contribution in [3.8, 4) is 0 Å². The second-order valence-corrected chi connectivity index (χ2v) is 5.03. The maximum atomic E-state index is 11.9. The Morgan fingerprint density at radius 3 is 2.45 bits per heavy atom. The molecule has 0 saturated carbocycles. The SMILES string of the molecule is CCOC(=O)c1c(NC(=O)C=CC(=O)O)sc(C(N)=O)c1C. The average molecular weight is 326 g/mol. The number of ether oxygens (including phenoxy) is 1. The van der Waals surface area contributed by atoms with Crippen LogP contribution in [0.3, 0.4) is 0 Å². The van der Waals surface area contributed by atoms with Crippen molar-refractivity contribution in [3.63, 3.8) is 0 Å². The van der Waals surface area contributed by atoms with Crippen molar-refractivity contribution in [2.24, 2.45) is 5.73 Å². The molecule has 4 N–H and O–H groups in total. The summed E-state index contributed by atoms with van der Waals surface area (Å²) < 4.78 is 4.87. The Kier molecular flexibility index (Phi) is 5.81. The molecule has 0 bridgehead atoms. The molecule has 0 spiro atoms. The molecule has 118 valence electrons. The van der Waals surface area contributed by atoms with Crippen LogP contribution in [0, 0.1) is 6.92 Å². The number of primary amides is 1. The van der Waals surface area contributed by atoms with Crippen molar-refractivity contribution >= 4 is 40.1 Å². The van der Waals surface area contributed by atoms with E-state index in [1.807, 2.05) is 0 Å². The maximum absolute atomic E-state index is 11.9. The van der Waals surface area contributed by atoms with Gasteiger partial charge in [-0.25, -0.2) is 9.59 Å². The lowest BCUT2D eigenvalue weighted by atomic mass is 10.1. The van der Waals surface area contributed by atoms with E-state index in [0.717, 1.165) is 17.4 Å². The van der Waals surface area contributed by atoms with Crippen LogP contribution in [0.25, 0.3) is 0 Å². The summed E-state index contributed by atoms with van der Waals surface area (Å²) in [5.41, 5.74) is 5.54. The summed E-state index contributed by atoms with van der Waals surface area (Å²) in [7, 11) is 0. The van der Waals surface area contributed by atoms with E-state index in [1.165, 1.54) is 6.92 Å². The molecule has 0 saturated heterocycles. The van der Waals surface area contributed by atoms with Crippen molar-refractivity contribution in [3.05, 3.63) is 28.2 Å². The monoisotopic (exact) mass is 326 g/mol. The lowest BCUT2D eigenvalue weighted by Gasteiger charge is -2.05. The number of carbonyl (C=O) groups excluding carboxylic acids is 3. The van der Waals surface area contributed by atoms with Crippen LogP contribution >= 0.6 is 11.3 Å². The van der Waals surface area contributed by atoms with Crippen LogP contribution in [0.5, 0.6) is 0 Å². The molecule has 22 heavy (non-hydrogen) atoms. The normalized spacial score (nSPS) is 10.5. The first-order valence-corrected chi connectivity index (χ1v) is 6.91. The third-order valence-electron chi connectivity index (χ3n) is 2.46. The van der Waals surface area contributed by atoms with E-state index in [4.69, 9.17) is 15.6 Å². The quantitative estimate of drug-likeness (QED) is 0.525. The first kappa shape index (κ1) is 17.4. The molecule has 1 heterocycles. The summed E-state index contributed by atoms with van der Waals surface area (Å²) in [6, 6.07) is 0. The van der Waals surface area contributed by atoms with Gasteiger partial charge in [0.25, 0.3) is 5.91 Å². The maximum Gasteiger partial charge on any atom is 0.341 e. The summed E-state index contributed by atoms with van der Waals surface area (Å²) in [6.45, 7) is 3.24. The van der Waals surface area contributed by atoms with Gasteiger partial charge >= 0.3 is 11.9 Å². The van der Waals surface area contributed by atoms with Crippen LogP contribution in [-0.2, 0) is 14.3 Å². The first-order valence-electron chi connectivity index (χ1n) is 6.10. The minimum atomic E-state index is -1.29. The van der Waals surface area contributed by atoms with Gasteiger partial charge in [-0.05, 0) is 19.4 Å². The van der Waals surface area contributed by atoms with Crippen molar-refractivity contribution in [1.29, 1.82) is 0 Å². The van der Waals surface area contributed by atoms with Gasteiger partial charge in [-0.15, -0.1) is 11.3 Å². The topological polar surface area (TPSA) is 136 Å². The van der Waals surface area contributed by atoms with Gasteiger partial charge in [-0.3, -0.25) is 9.59 Å². The van der Waals surface area contributed by atoms with Gasteiger partial charge in [0.15, 0.2) is 0 Å². The third-order valence-corrected chi connectivity index (χ3v) is 3.69. The molecule has 2 amide bonds. The Bertz CT molecular complexity index is 662. The van der Waals surface area contributed by atoms with E-state index in [1.54, 1.807) is 6.92 Å². The fourth-order valence-corrected chi connectivity index (χ4v) is 2.64. The molecule has 1 aromatic heterocycles. The molecule has 1 rings (SSSR count). The van der Waals surface area contributed by atoms with Gasteiger partial charge in [-0.1, -0.05) is 0 Å². The Balaban J connectivity index is 3.19. The molecular formula is C13H14N2O6S. The summed E-state index contributed by atoms with van der Waals surface area (Å²) in [6.07, 6.45) is 1.44. The molecule has 0 radical (unpaired) electrons. The molecule has 0 aliphatic heterocycles. The van der Waals surface area contributed by atoms with E-state index >= 15 is 0 Å². The molecule has 0 atom stereocenters. The van der Waals surface area contributed by atoms with Crippen LogP contribution in [0.2, 0.25) is 0 Å². The van der Waals surface area contributed by atoms with E-state index in [9.17, 15) is 19.2 Å². The highest BCUT2D eigenvalue weighted by atomic mass is 32.1. The van der Waals surface area contributed by atoms with Gasteiger partial charge in [0.2, 0.25) is 5.91 Å². The number of thiophene rings is 1. The number of hydrogen-bond donors (Lipinski definition) is 3. The number of nitrogens with two attached hydrogens (primary N) is 1. The minimum Gasteiger partial charge on any atom is -0.478 e. The van der Waals surface area contributed by atoms with E-state index < -0.39 is 23.8 Å². The van der Waals surface area contributed by atoms with E-state index in [-0.39, 0.29) is 22.0 Å². The largest absolute Gasteiger partial charge is 0.478 e. The lowest BCUT2D eigenvalue weighted by molar-refractivity contribution is -0.131. The van der Waals surface area contributed by atoms with Crippen molar-refractivity contribution in [2.45, 2.75) is 13.8 Å². The average Bonchev–Trinajstić information content (AvgIpc) is 2.73.